The van der Waals surface area contributed by atoms with E-state index in [0.29, 0.717) is 35.7 Å². The highest BCUT2D eigenvalue weighted by Crippen LogP contribution is 2.35. The lowest BCUT2D eigenvalue weighted by atomic mass is 9.75. The summed E-state index contributed by atoms with van der Waals surface area (Å²) in [7, 11) is 0. The third-order valence-corrected chi connectivity index (χ3v) is 4.59. The molecular weight excluding hydrogens is 288 g/mol. The van der Waals surface area contributed by atoms with E-state index < -0.39 is 0 Å². The van der Waals surface area contributed by atoms with Crippen LogP contribution >= 0.6 is 11.6 Å². The maximum Gasteiger partial charge on any atom is 0.307 e. The number of aromatic nitrogens is 2. The predicted molar refractivity (Wildman–Crippen MR) is 83.1 cm³/mol. The van der Waals surface area contributed by atoms with Crippen molar-refractivity contribution in [2.24, 2.45) is 17.8 Å². The van der Waals surface area contributed by atoms with Gasteiger partial charge in [0.05, 0.1) is 24.2 Å². The Morgan fingerprint density at radius 1 is 1.52 bits per heavy atom. The zero-order valence-corrected chi connectivity index (χ0v) is 13.8. The van der Waals surface area contributed by atoms with Crippen LogP contribution in [0.4, 0.5) is 0 Å². The summed E-state index contributed by atoms with van der Waals surface area (Å²) in [6.07, 6.45) is 7.09. The van der Waals surface area contributed by atoms with Gasteiger partial charge in [0, 0.05) is 6.20 Å². The molecule has 0 radical (unpaired) electrons. The molecule has 1 aliphatic rings. The Kier molecular flexibility index (Phi) is 5.68. The van der Waals surface area contributed by atoms with Crippen LogP contribution in [-0.2, 0) is 16.1 Å². The van der Waals surface area contributed by atoms with Crippen molar-refractivity contribution in [2.75, 3.05) is 0 Å². The van der Waals surface area contributed by atoms with E-state index in [-0.39, 0.29) is 12.1 Å². The molecule has 0 amide bonds. The second-order valence-electron chi connectivity index (χ2n) is 6.53. The maximum absolute atomic E-state index is 12.1. The number of halogens is 1. The fourth-order valence-corrected chi connectivity index (χ4v) is 3.30. The van der Waals surface area contributed by atoms with Gasteiger partial charge in [-0.3, -0.25) is 9.48 Å². The van der Waals surface area contributed by atoms with E-state index in [4.69, 9.17) is 16.3 Å². The van der Waals surface area contributed by atoms with Crippen LogP contribution in [0.3, 0.4) is 0 Å². The summed E-state index contributed by atoms with van der Waals surface area (Å²) in [4.78, 5) is 12.1. The standard InChI is InChI=1S/C16H25ClN2O2/c1-11(2)14-5-4-12(3)8-15(14)21-16(20)6-7-19-10-13(17)9-18-19/h9-12,14-15H,4-8H2,1-3H3/t12-,14+,15-/m0/s1. The predicted octanol–water partition coefficient (Wildman–Crippen LogP) is 3.93. The summed E-state index contributed by atoms with van der Waals surface area (Å²) < 4.78 is 7.42. The van der Waals surface area contributed by atoms with Gasteiger partial charge >= 0.3 is 5.97 Å². The van der Waals surface area contributed by atoms with Gasteiger partial charge in [0.2, 0.25) is 0 Å². The second-order valence-corrected chi connectivity index (χ2v) is 6.96. The number of carbonyl (C=O) groups is 1. The van der Waals surface area contributed by atoms with E-state index in [1.54, 1.807) is 17.1 Å². The minimum Gasteiger partial charge on any atom is -0.462 e. The van der Waals surface area contributed by atoms with Crippen molar-refractivity contribution in [3.05, 3.63) is 17.4 Å². The molecular formula is C16H25ClN2O2. The Bertz CT molecular complexity index is 473. The van der Waals surface area contributed by atoms with Crippen LogP contribution in [0.5, 0.6) is 0 Å². The molecule has 21 heavy (non-hydrogen) atoms. The number of carbonyl (C=O) groups excluding carboxylic acids is 1. The fourth-order valence-electron chi connectivity index (χ4n) is 3.14. The molecule has 0 unspecified atom stereocenters. The van der Waals surface area contributed by atoms with Crippen molar-refractivity contribution in [3.63, 3.8) is 0 Å². The number of hydrogen-bond acceptors (Lipinski definition) is 3. The molecule has 2 rings (SSSR count). The Hall–Kier alpha value is -1.03. The lowest BCUT2D eigenvalue weighted by Crippen LogP contribution is -2.36. The van der Waals surface area contributed by atoms with Crippen molar-refractivity contribution >= 4 is 17.6 Å². The molecule has 118 valence electrons. The topological polar surface area (TPSA) is 44.1 Å². The van der Waals surface area contributed by atoms with Gasteiger partial charge in [-0.25, -0.2) is 0 Å². The van der Waals surface area contributed by atoms with Crippen LogP contribution in [0.25, 0.3) is 0 Å². The van der Waals surface area contributed by atoms with Gasteiger partial charge < -0.3 is 4.74 Å². The molecule has 0 aromatic carbocycles. The first-order chi connectivity index (χ1) is 9.95. The molecule has 1 aliphatic carbocycles. The van der Waals surface area contributed by atoms with Crippen LogP contribution < -0.4 is 0 Å². The molecule has 1 fully saturated rings. The molecule has 0 aliphatic heterocycles. The highest BCUT2D eigenvalue weighted by Gasteiger charge is 2.33. The lowest BCUT2D eigenvalue weighted by molar-refractivity contribution is -0.156. The first kappa shape index (κ1) is 16.3. The van der Waals surface area contributed by atoms with Crippen molar-refractivity contribution in [2.45, 2.75) is 59.1 Å². The number of aryl methyl sites for hydroxylation is 1. The zero-order chi connectivity index (χ0) is 15.4. The normalized spacial score (nSPS) is 26.0. The third-order valence-electron chi connectivity index (χ3n) is 4.39. The highest BCUT2D eigenvalue weighted by molar-refractivity contribution is 6.30. The van der Waals surface area contributed by atoms with Crippen LogP contribution in [0.1, 0.15) is 46.5 Å². The average Bonchev–Trinajstić information content (AvgIpc) is 2.82. The van der Waals surface area contributed by atoms with Gasteiger partial charge in [0.15, 0.2) is 0 Å². The van der Waals surface area contributed by atoms with Crippen molar-refractivity contribution < 1.29 is 9.53 Å². The Balaban J connectivity index is 1.84. The number of esters is 1. The van der Waals surface area contributed by atoms with E-state index in [2.05, 4.69) is 25.9 Å². The number of ether oxygens (including phenoxy) is 1. The number of rotatable bonds is 5. The quantitative estimate of drug-likeness (QED) is 0.774. The summed E-state index contributed by atoms with van der Waals surface area (Å²) in [6.45, 7) is 7.18. The second kappa shape index (κ2) is 7.30. The van der Waals surface area contributed by atoms with Gasteiger partial charge in [-0.1, -0.05) is 38.8 Å². The van der Waals surface area contributed by atoms with Crippen molar-refractivity contribution in [1.82, 2.24) is 9.78 Å². The summed E-state index contributed by atoms with van der Waals surface area (Å²) in [5.74, 6) is 1.55. The molecule has 0 bridgehead atoms. The average molecular weight is 313 g/mol. The van der Waals surface area contributed by atoms with E-state index >= 15 is 0 Å². The van der Waals surface area contributed by atoms with Crippen LogP contribution in [0, 0.1) is 17.8 Å². The molecule has 0 N–H and O–H groups in total. The molecule has 5 heteroatoms. The van der Waals surface area contributed by atoms with Gasteiger partial charge in [-0.05, 0) is 30.6 Å². The van der Waals surface area contributed by atoms with Gasteiger partial charge in [0.25, 0.3) is 0 Å². The van der Waals surface area contributed by atoms with Crippen molar-refractivity contribution in [3.8, 4) is 0 Å². The minimum atomic E-state index is -0.133. The largest absolute Gasteiger partial charge is 0.462 e. The summed E-state index contributed by atoms with van der Waals surface area (Å²) in [6, 6.07) is 0. The zero-order valence-electron chi connectivity index (χ0n) is 13.1. The summed E-state index contributed by atoms with van der Waals surface area (Å²) >= 11 is 5.80. The Morgan fingerprint density at radius 3 is 2.90 bits per heavy atom. The van der Waals surface area contributed by atoms with E-state index in [1.807, 2.05) is 0 Å². The van der Waals surface area contributed by atoms with Gasteiger partial charge in [-0.2, -0.15) is 5.10 Å². The van der Waals surface area contributed by atoms with Crippen LogP contribution in [0.2, 0.25) is 5.02 Å². The Morgan fingerprint density at radius 2 is 2.29 bits per heavy atom. The van der Waals surface area contributed by atoms with Crippen LogP contribution in [-0.4, -0.2) is 21.9 Å². The fraction of sp³-hybridized carbons (Fsp3) is 0.750. The van der Waals surface area contributed by atoms with E-state index in [1.165, 1.54) is 6.42 Å². The van der Waals surface area contributed by atoms with Gasteiger partial charge in [0.1, 0.15) is 6.10 Å². The van der Waals surface area contributed by atoms with E-state index in [9.17, 15) is 4.79 Å². The third kappa shape index (κ3) is 4.73. The SMILES string of the molecule is CC(C)[C@H]1CC[C@H](C)C[C@@H]1OC(=O)CCn1cc(Cl)cn1. The number of hydrogen-bond donors (Lipinski definition) is 0. The molecule has 1 aromatic rings. The highest BCUT2D eigenvalue weighted by atomic mass is 35.5. The smallest absolute Gasteiger partial charge is 0.307 e. The summed E-state index contributed by atoms with van der Waals surface area (Å²) in [5, 5.41) is 4.65. The lowest BCUT2D eigenvalue weighted by Gasteiger charge is -2.36. The molecule has 1 heterocycles. The molecule has 1 aromatic heterocycles. The molecule has 3 atom stereocenters. The number of nitrogens with zero attached hydrogens (tertiary/aromatic N) is 2. The van der Waals surface area contributed by atoms with Gasteiger partial charge in [-0.15, -0.1) is 0 Å². The minimum absolute atomic E-state index is 0.0717. The van der Waals surface area contributed by atoms with Crippen molar-refractivity contribution in [1.29, 1.82) is 0 Å². The maximum atomic E-state index is 12.1. The molecule has 0 saturated heterocycles. The first-order valence-electron chi connectivity index (χ1n) is 7.83. The van der Waals surface area contributed by atoms with E-state index in [0.717, 1.165) is 12.8 Å². The Labute approximate surface area is 131 Å². The monoisotopic (exact) mass is 312 g/mol. The first-order valence-corrected chi connectivity index (χ1v) is 8.21. The molecule has 0 spiro atoms. The molecule has 1 saturated carbocycles. The molecule has 4 nitrogen and oxygen atoms in total. The van der Waals surface area contributed by atoms with Crippen LogP contribution in [0.15, 0.2) is 12.4 Å². The summed E-state index contributed by atoms with van der Waals surface area (Å²) in [5.41, 5.74) is 0.